The van der Waals surface area contributed by atoms with Crippen molar-refractivity contribution in [3.63, 3.8) is 0 Å². The average molecular weight is 367 g/mol. The van der Waals surface area contributed by atoms with E-state index in [-0.39, 0.29) is 0 Å². The number of aromatic nitrogens is 3. The number of nitrogens with one attached hydrogen (secondary N) is 2. The van der Waals surface area contributed by atoms with Gasteiger partial charge >= 0.3 is 5.97 Å². The molecule has 2 N–H and O–H groups in total. The number of carbonyl (C=O) groups excluding carboxylic acids is 3. The number of hydrogen-bond donors (Lipinski definition) is 2. The number of hydrogen-bond acceptors (Lipinski definition) is 6. The van der Waals surface area contributed by atoms with Crippen LogP contribution in [0.1, 0.15) is 22.8 Å². The number of benzene rings is 2. The molecule has 0 saturated carbocycles. The first-order valence-corrected chi connectivity index (χ1v) is 8.12. The van der Waals surface area contributed by atoms with Crippen LogP contribution in [0.15, 0.2) is 48.5 Å². The van der Waals surface area contributed by atoms with Gasteiger partial charge in [-0.05, 0) is 29.8 Å². The number of nitrogens with zero attached hydrogens (tertiary/aromatic N) is 3. The molecule has 3 aromatic rings. The summed E-state index contributed by atoms with van der Waals surface area (Å²) in [5.41, 5.74) is 7.20. The Balaban J connectivity index is 1.57. The van der Waals surface area contributed by atoms with Crippen molar-refractivity contribution < 1.29 is 19.1 Å². The van der Waals surface area contributed by atoms with E-state index in [4.69, 9.17) is 4.74 Å². The minimum Gasteiger partial charge on any atom is -0.452 e. The summed E-state index contributed by atoms with van der Waals surface area (Å²) in [5, 5.41) is 8.23. The normalized spacial score (nSPS) is 10.4. The second-order valence-electron chi connectivity index (χ2n) is 5.74. The number of hydrazine groups is 1. The number of amides is 2. The Morgan fingerprint density at radius 1 is 1.04 bits per heavy atom. The summed E-state index contributed by atoms with van der Waals surface area (Å²) < 4.78 is 6.67. The van der Waals surface area contributed by atoms with Gasteiger partial charge in [0.25, 0.3) is 5.91 Å². The number of para-hydroxylation sites is 1. The van der Waals surface area contributed by atoms with Gasteiger partial charge in [-0.2, -0.15) is 0 Å². The van der Waals surface area contributed by atoms with E-state index < -0.39 is 24.4 Å². The standard InChI is InChI=1S/C18H17N5O4/c1-12(24)19-21-17(25)11-27-18(26)14-8-6-13(7-9-14)10-23-16-5-3-2-4-15(16)20-22-23/h2-9H,10-11H2,1H3,(H,19,24)(H,21,25). The van der Waals surface area contributed by atoms with Crippen molar-refractivity contribution in [2.45, 2.75) is 13.5 Å². The highest BCUT2D eigenvalue weighted by molar-refractivity contribution is 5.91. The van der Waals surface area contributed by atoms with Gasteiger partial charge in [-0.25, -0.2) is 9.48 Å². The molecule has 1 heterocycles. The molecule has 0 spiro atoms. The Morgan fingerprint density at radius 2 is 1.78 bits per heavy atom. The van der Waals surface area contributed by atoms with Crippen molar-refractivity contribution >= 4 is 28.8 Å². The van der Waals surface area contributed by atoms with Crippen LogP contribution in [0, 0.1) is 0 Å². The number of esters is 1. The average Bonchev–Trinajstić information content (AvgIpc) is 3.08. The third-order valence-corrected chi connectivity index (χ3v) is 3.65. The minimum atomic E-state index is -0.634. The van der Waals surface area contributed by atoms with Gasteiger partial charge in [-0.15, -0.1) is 5.10 Å². The first-order valence-electron chi connectivity index (χ1n) is 8.12. The first kappa shape index (κ1) is 18.1. The fourth-order valence-corrected chi connectivity index (χ4v) is 2.36. The lowest BCUT2D eigenvalue weighted by atomic mass is 10.1. The van der Waals surface area contributed by atoms with Crippen molar-refractivity contribution in [3.05, 3.63) is 59.7 Å². The van der Waals surface area contributed by atoms with E-state index in [0.29, 0.717) is 12.1 Å². The van der Waals surface area contributed by atoms with Gasteiger partial charge in [0.1, 0.15) is 5.52 Å². The molecule has 9 nitrogen and oxygen atoms in total. The van der Waals surface area contributed by atoms with Gasteiger partial charge in [0.15, 0.2) is 6.61 Å². The molecule has 9 heteroatoms. The number of rotatable bonds is 5. The lowest BCUT2D eigenvalue weighted by Crippen LogP contribution is -2.42. The SMILES string of the molecule is CC(=O)NNC(=O)COC(=O)c1ccc(Cn2nnc3ccccc32)cc1. The predicted molar refractivity (Wildman–Crippen MR) is 95.3 cm³/mol. The van der Waals surface area contributed by atoms with Crippen LogP contribution < -0.4 is 10.9 Å². The zero-order valence-corrected chi connectivity index (χ0v) is 14.5. The van der Waals surface area contributed by atoms with E-state index >= 15 is 0 Å². The van der Waals surface area contributed by atoms with E-state index in [0.717, 1.165) is 16.6 Å². The third kappa shape index (κ3) is 4.66. The number of fused-ring (bicyclic) bond motifs is 1. The Labute approximate surface area is 154 Å². The molecular weight excluding hydrogens is 350 g/mol. The molecule has 138 valence electrons. The van der Waals surface area contributed by atoms with Crippen molar-refractivity contribution in [1.29, 1.82) is 0 Å². The highest BCUT2D eigenvalue weighted by Crippen LogP contribution is 2.13. The van der Waals surface area contributed by atoms with E-state index in [1.165, 1.54) is 6.92 Å². The molecule has 1 aromatic heterocycles. The fourth-order valence-electron chi connectivity index (χ4n) is 2.36. The summed E-state index contributed by atoms with van der Waals surface area (Å²) in [6.45, 7) is 1.26. The molecule has 0 aliphatic heterocycles. The zero-order chi connectivity index (χ0) is 19.2. The van der Waals surface area contributed by atoms with Crippen molar-refractivity contribution in [2.75, 3.05) is 6.61 Å². The maximum Gasteiger partial charge on any atom is 0.338 e. The Morgan fingerprint density at radius 3 is 2.52 bits per heavy atom. The zero-order valence-electron chi connectivity index (χ0n) is 14.5. The molecule has 0 atom stereocenters. The molecule has 0 bridgehead atoms. The molecule has 0 aliphatic carbocycles. The Bertz CT molecular complexity index is 981. The molecule has 0 saturated heterocycles. The Kier molecular flexibility index (Phi) is 5.41. The number of carbonyl (C=O) groups is 3. The van der Waals surface area contributed by atoms with Crippen LogP contribution in [0.5, 0.6) is 0 Å². The molecule has 3 rings (SSSR count). The van der Waals surface area contributed by atoms with Crippen molar-refractivity contribution in [1.82, 2.24) is 25.8 Å². The highest BCUT2D eigenvalue weighted by Gasteiger charge is 2.11. The van der Waals surface area contributed by atoms with Gasteiger partial charge in [-0.3, -0.25) is 20.4 Å². The van der Waals surface area contributed by atoms with Gasteiger partial charge in [0, 0.05) is 6.92 Å². The van der Waals surface area contributed by atoms with E-state index in [1.807, 2.05) is 24.3 Å². The molecule has 2 aromatic carbocycles. The third-order valence-electron chi connectivity index (χ3n) is 3.65. The first-order chi connectivity index (χ1) is 13.0. The number of ether oxygens (including phenoxy) is 1. The maximum absolute atomic E-state index is 12.0. The van der Waals surface area contributed by atoms with Crippen LogP contribution in [0.25, 0.3) is 11.0 Å². The predicted octanol–water partition coefficient (Wildman–Crippen LogP) is 0.804. The highest BCUT2D eigenvalue weighted by atomic mass is 16.5. The minimum absolute atomic E-state index is 0.314. The monoisotopic (exact) mass is 367 g/mol. The Hall–Kier alpha value is -3.75. The molecule has 0 aliphatic rings. The lowest BCUT2D eigenvalue weighted by Gasteiger charge is -2.07. The van der Waals surface area contributed by atoms with Crippen LogP contribution in [0.3, 0.4) is 0 Å². The largest absolute Gasteiger partial charge is 0.452 e. The maximum atomic E-state index is 12.0. The summed E-state index contributed by atoms with van der Waals surface area (Å²) in [6.07, 6.45) is 0. The summed E-state index contributed by atoms with van der Waals surface area (Å²) >= 11 is 0. The van der Waals surface area contributed by atoms with Gasteiger partial charge in [0.05, 0.1) is 17.6 Å². The molecule has 27 heavy (non-hydrogen) atoms. The summed E-state index contributed by atoms with van der Waals surface area (Å²) in [5.74, 6) is -1.69. The molecule has 0 radical (unpaired) electrons. The van der Waals surface area contributed by atoms with Crippen LogP contribution >= 0.6 is 0 Å². The molecular formula is C18H17N5O4. The van der Waals surface area contributed by atoms with Crippen molar-refractivity contribution in [2.24, 2.45) is 0 Å². The van der Waals surface area contributed by atoms with Gasteiger partial charge in [-0.1, -0.05) is 29.5 Å². The van der Waals surface area contributed by atoms with Gasteiger partial charge in [0.2, 0.25) is 5.91 Å². The van der Waals surface area contributed by atoms with Gasteiger partial charge < -0.3 is 4.74 Å². The van der Waals surface area contributed by atoms with Crippen LogP contribution in [0.4, 0.5) is 0 Å². The summed E-state index contributed by atoms with van der Waals surface area (Å²) in [6, 6.07) is 14.4. The topological polar surface area (TPSA) is 115 Å². The molecule has 0 fully saturated rings. The fraction of sp³-hybridized carbons (Fsp3) is 0.167. The van der Waals surface area contributed by atoms with E-state index in [2.05, 4.69) is 21.2 Å². The molecule has 2 amide bonds. The summed E-state index contributed by atoms with van der Waals surface area (Å²) in [4.78, 5) is 34.1. The lowest BCUT2D eigenvalue weighted by molar-refractivity contribution is -0.129. The summed E-state index contributed by atoms with van der Waals surface area (Å²) in [7, 11) is 0. The second-order valence-corrected chi connectivity index (χ2v) is 5.74. The second kappa shape index (κ2) is 8.09. The van der Waals surface area contributed by atoms with E-state index in [1.54, 1.807) is 28.9 Å². The van der Waals surface area contributed by atoms with Crippen LogP contribution in [0.2, 0.25) is 0 Å². The van der Waals surface area contributed by atoms with Crippen LogP contribution in [-0.2, 0) is 20.9 Å². The molecule has 0 unspecified atom stereocenters. The van der Waals surface area contributed by atoms with E-state index in [9.17, 15) is 14.4 Å². The smallest absolute Gasteiger partial charge is 0.338 e. The quantitative estimate of drug-likeness (QED) is 0.509. The van der Waals surface area contributed by atoms with Crippen LogP contribution in [-0.4, -0.2) is 39.4 Å². The van der Waals surface area contributed by atoms with Crippen molar-refractivity contribution in [3.8, 4) is 0 Å².